The Bertz CT molecular complexity index is 764. The highest BCUT2D eigenvalue weighted by atomic mass is 35.5. The first kappa shape index (κ1) is 17.4. The maximum absolute atomic E-state index is 12.7. The van der Waals surface area contributed by atoms with Crippen LogP contribution in [0.1, 0.15) is 11.3 Å². The summed E-state index contributed by atoms with van der Waals surface area (Å²) in [6.07, 6.45) is -0.471. The Balaban J connectivity index is 2.39. The van der Waals surface area contributed by atoms with E-state index in [4.69, 9.17) is 23.8 Å². The SMILES string of the molecule is C[N+](C)=CNC(=S)c1cccn1-c1ncc(C(F)(F)F)cc1Cl. The van der Waals surface area contributed by atoms with E-state index in [1.165, 1.54) is 4.57 Å². The summed E-state index contributed by atoms with van der Waals surface area (Å²) >= 11 is 11.2. The second-order valence-corrected chi connectivity index (χ2v) is 5.67. The van der Waals surface area contributed by atoms with Crippen LogP contribution in [0.3, 0.4) is 0 Å². The molecular formula is C14H13ClF3N4S+. The Morgan fingerprint density at radius 3 is 2.70 bits per heavy atom. The van der Waals surface area contributed by atoms with Crippen molar-refractivity contribution in [2.45, 2.75) is 6.18 Å². The fraction of sp³-hybridized carbons (Fsp3) is 0.214. The minimum atomic E-state index is -4.49. The summed E-state index contributed by atoms with van der Waals surface area (Å²) in [4.78, 5) is 4.22. The van der Waals surface area contributed by atoms with E-state index in [0.717, 1.165) is 12.3 Å². The van der Waals surface area contributed by atoms with Gasteiger partial charge < -0.3 is 0 Å². The quantitative estimate of drug-likeness (QED) is 0.394. The smallest absolute Gasteiger partial charge is 0.296 e. The van der Waals surface area contributed by atoms with Gasteiger partial charge in [-0.15, -0.1) is 0 Å². The molecule has 9 heteroatoms. The topological polar surface area (TPSA) is 32.9 Å². The van der Waals surface area contributed by atoms with Gasteiger partial charge >= 0.3 is 6.18 Å². The van der Waals surface area contributed by atoms with Crippen molar-refractivity contribution in [2.75, 3.05) is 14.1 Å². The number of aromatic nitrogens is 2. The standard InChI is InChI=1S/C14H12ClF3N4S/c1-21(2)8-20-13(23)11-4-3-5-22(11)12-10(15)6-9(7-19-12)14(16,17)18/h3-8H,1-2H3/p+1. The number of halogens is 4. The van der Waals surface area contributed by atoms with E-state index in [2.05, 4.69) is 10.3 Å². The number of nitrogens with zero attached hydrogens (tertiary/aromatic N) is 3. The number of nitrogens with one attached hydrogen (secondary N) is 1. The van der Waals surface area contributed by atoms with Crippen molar-refractivity contribution < 1.29 is 17.7 Å². The lowest BCUT2D eigenvalue weighted by Gasteiger charge is -2.11. The number of alkyl halides is 3. The van der Waals surface area contributed by atoms with Gasteiger partial charge in [-0.3, -0.25) is 9.14 Å². The van der Waals surface area contributed by atoms with E-state index in [0.29, 0.717) is 10.7 Å². The zero-order valence-corrected chi connectivity index (χ0v) is 13.8. The normalized spacial score (nSPS) is 11.2. The monoisotopic (exact) mass is 361 g/mol. The fourth-order valence-electron chi connectivity index (χ4n) is 1.78. The number of rotatable bonds is 3. The Labute approximate surface area is 141 Å². The zero-order valence-electron chi connectivity index (χ0n) is 12.2. The summed E-state index contributed by atoms with van der Waals surface area (Å²) in [6.45, 7) is 0. The van der Waals surface area contributed by atoms with E-state index in [1.54, 1.807) is 29.2 Å². The van der Waals surface area contributed by atoms with Gasteiger partial charge in [0.05, 0.1) is 24.7 Å². The van der Waals surface area contributed by atoms with Crippen molar-refractivity contribution in [3.8, 4) is 5.82 Å². The molecule has 0 bridgehead atoms. The first-order valence-electron chi connectivity index (χ1n) is 6.41. The van der Waals surface area contributed by atoms with Gasteiger partial charge in [-0.05, 0) is 30.4 Å². The highest BCUT2D eigenvalue weighted by Gasteiger charge is 2.31. The molecule has 0 aromatic carbocycles. The van der Waals surface area contributed by atoms with Crippen LogP contribution in [0.4, 0.5) is 13.2 Å². The third-order valence-corrected chi connectivity index (χ3v) is 3.42. The highest BCUT2D eigenvalue weighted by molar-refractivity contribution is 7.80. The lowest BCUT2D eigenvalue weighted by Crippen LogP contribution is -2.26. The molecule has 1 N–H and O–H groups in total. The first-order valence-corrected chi connectivity index (χ1v) is 7.20. The molecule has 0 atom stereocenters. The van der Waals surface area contributed by atoms with Crippen LogP contribution in [0.25, 0.3) is 5.82 Å². The molecule has 0 spiro atoms. The highest BCUT2D eigenvalue weighted by Crippen LogP contribution is 2.32. The van der Waals surface area contributed by atoms with Gasteiger partial charge in [-0.2, -0.15) is 13.2 Å². The molecule has 2 aromatic heterocycles. The van der Waals surface area contributed by atoms with Gasteiger partial charge in [0.1, 0.15) is 5.69 Å². The minimum Gasteiger partial charge on any atom is -0.296 e. The van der Waals surface area contributed by atoms with Gasteiger partial charge in [0.25, 0.3) is 0 Å². The lowest BCUT2D eigenvalue weighted by molar-refractivity contribution is -0.460. The molecular weight excluding hydrogens is 349 g/mol. The molecule has 2 heterocycles. The van der Waals surface area contributed by atoms with Crippen LogP contribution in [0, 0.1) is 0 Å². The van der Waals surface area contributed by atoms with Crippen molar-refractivity contribution in [2.24, 2.45) is 0 Å². The van der Waals surface area contributed by atoms with Crippen molar-refractivity contribution in [1.82, 2.24) is 14.9 Å². The van der Waals surface area contributed by atoms with E-state index in [-0.39, 0.29) is 10.8 Å². The second kappa shape index (κ2) is 6.67. The molecule has 0 unspecified atom stereocenters. The average Bonchev–Trinajstić information content (AvgIpc) is 2.92. The van der Waals surface area contributed by atoms with E-state index < -0.39 is 11.7 Å². The van der Waals surface area contributed by atoms with Crippen LogP contribution < -0.4 is 5.32 Å². The van der Waals surface area contributed by atoms with Crippen molar-refractivity contribution >= 4 is 35.1 Å². The average molecular weight is 362 g/mol. The van der Waals surface area contributed by atoms with Gasteiger partial charge in [0.15, 0.2) is 5.82 Å². The molecule has 0 aliphatic rings. The molecule has 0 saturated heterocycles. The summed E-state index contributed by atoms with van der Waals surface area (Å²) in [5.74, 6) is 0.175. The molecule has 0 fully saturated rings. The minimum absolute atomic E-state index is 0.114. The van der Waals surface area contributed by atoms with E-state index in [1.807, 2.05) is 14.1 Å². The van der Waals surface area contributed by atoms with Crippen molar-refractivity contribution in [1.29, 1.82) is 0 Å². The molecule has 0 saturated carbocycles. The third kappa shape index (κ3) is 4.08. The summed E-state index contributed by atoms with van der Waals surface area (Å²) in [5.41, 5.74) is -0.339. The fourth-order valence-corrected chi connectivity index (χ4v) is 2.25. The molecule has 0 aliphatic heterocycles. The Morgan fingerprint density at radius 2 is 2.13 bits per heavy atom. The maximum Gasteiger partial charge on any atom is 0.417 e. The van der Waals surface area contributed by atoms with Crippen molar-refractivity contribution in [3.63, 3.8) is 0 Å². The molecule has 0 radical (unpaired) electrons. The molecule has 4 nitrogen and oxygen atoms in total. The summed E-state index contributed by atoms with van der Waals surface area (Å²) in [5, 5.41) is 2.80. The van der Waals surface area contributed by atoms with Crippen molar-refractivity contribution in [3.05, 3.63) is 46.9 Å². The summed E-state index contributed by atoms with van der Waals surface area (Å²) in [6, 6.07) is 4.26. The third-order valence-electron chi connectivity index (χ3n) is 2.81. The number of hydrogen-bond donors (Lipinski definition) is 1. The van der Waals surface area contributed by atoms with Crippen LogP contribution in [0.5, 0.6) is 0 Å². The molecule has 122 valence electrons. The number of hydrogen-bond acceptors (Lipinski definition) is 2. The van der Waals surface area contributed by atoms with Crippen LogP contribution in [0.2, 0.25) is 5.02 Å². The van der Waals surface area contributed by atoms with Crippen LogP contribution in [-0.2, 0) is 6.18 Å². The predicted molar refractivity (Wildman–Crippen MR) is 86.6 cm³/mol. The lowest BCUT2D eigenvalue weighted by atomic mass is 10.2. The summed E-state index contributed by atoms with van der Waals surface area (Å²) in [7, 11) is 3.64. The largest absolute Gasteiger partial charge is 0.417 e. The molecule has 23 heavy (non-hydrogen) atoms. The summed E-state index contributed by atoms with van der Waals surface area (Å²) < 4.78 is 41.3. The maximum atomic E-state index is 12.7. The molecule has 2 aromatic rings. The van der Waals surface area contributed by atoms with Crippen LogP contribution in [-0.4, -0.2) is 39.5 Å². The van der Waals surface area contributed by atoms with Crippen LogP contribution >= 0.6 is 23.8 Å². The Hall–Kier alpha value is -1.93. The molecule has 0 amide bonds. The second-order valence-electron chi connectivity index (χ2n) is 4.86. The van der Waals surface area contributed by atoms with Crippen LogP contribution in [0.15, 0.2) is 30.6 Å². The van der Waals surface area contributed by atoms with Gasteiger partial charge in [-0.25, -0.2) is 10.3 Å². The van der Waals surface area contributed by atoms with Gasteiger partial charge in [0, 0.05) is 12.4 Å². The van der Waals surface area contributed by atoms with Gasteiger partial charge in [-0.1, -0.05) is 11.6 Å². The predicted octanol–water partition coefficient (Wildman–Crippen LogP) is 3.11. The molecule has 0 aliphatic carbocycles. The Kier molecular flexibility index (Phi) is 5.06. The molecule has 2 rings (SSSR count). The van der Waals surface area contributed by atoms with E-state index in [9.17, 15) is 13.2 Å². The first-order chi connectivity index (χ1) is 10.7. The number of pyridine rings is 1. The number of thiocarbonyl (C=S) groups is 1. The zero-order chi connectivity index (χ0) is 17.2. The van der Waals surface area contributed by atoms with Gasteiger partial charge in [0.2, 0.25) is 11.3 Å². The van der Waals surface area contributed by atoms with E-state index >= 15 is 0 Å². The Morgan fingerprint density at radius 1 is 1.43 bits per heavy atom.